The van der Waals surface area contributed by atoms with E-state index in [2.05, 4.69) is 267 Å². The largest absolute Gasteiger partial charge is 0.0622 e. The van der Waals surface area contributed by atoms with E-state index in [9.17, 15) is 0 Å². The second kappa shape index (κ2) is 16.8. The van der Waals surface area contributed by atoms with Gasteiger partial charge < -0.3 is 0 Å². The molecular formula is C66H44. The van der Waals surface area contributed by atoms with Gasteiger partial charge in [0.25, 0.3) is 0 Å². The Bertz CT molecular complexity index is 3670. The Morgan fingerprint density at radius 1 is 0.182 bits per heavy atom. The van der Waals surface area contributed by atoms with Gasteiger partial charge in [-0.25, -0.2) is 0 Å². The first-order chi connectivity index (χ1) is 32.8. The van der Waals surface area contributed by atoms with Crippen LogP contribution in [0.1, 0.15) is 11.1 Å². The number of benzene rings is 12. The van der Waals surface area contributed by atoms with Crippen LogP contribution < -0.4 is 0 Å². The highest BCUT2D eigenvalue weighted by molar-refractivity contribution is 6.23. The molecule has 0 unspecified atom stereocenters. The minimum atomic E-state index is 1.16. The van der Waals surface area contributed by atoms with Gasteiger partial charge >= 0.3 is 0 Å². The predicted octanol–water partition coefficient (Wildman–Crippen LogP) is 18.5. The highest BCUT2D eigenvalue weighted by Gasteiger charge is 2.19. The molecule has 0 N–H and O–H groups in total. The van der Waals surface area contributed by atoms with Gasteiger partial charge in [0.1, 0.15) is 0 Å². The van der Waals surface area contributed by atoms with Crippen LogP contribution >= 0.6 is 0 Å². The summed E-state index contributed by atoms with van der Waals surface area (Å²) in [5.74, 6) is 0. The van der Waals surface area contributed by atoms with E-state index in [0.717, 1.165) is 11.1 Å². The van der Waals surface area contributed by atoms with Gasteiger partial charge in [-0.3, -0.25) is 0 Å². The smallest absolute Gasteiger partial charge is 0.00201 e. The van der Waals surface area contributed by atoms with Gasteiger partial charge in [-0.1, -0.05) is 255 Å². The van der Waals surface area contributed by atoms with Crippen LogP contribution in [0.5, 0.6) is 0 Å². The van der Waals surface area contributed by atoms with Crippen LogP contribution in [0.2, 0.25) is 0 Å². The van der Waals surface area contributed by atoms with Crippen molar-refractivity contribution in [1.82, 2.24) is 0 Å². The van der Waals surface area contributed by atoms with E-state index in [-0.39, 0.29) is 0 Å². The van der Waals surface area contributed by atoms with E-state index in [1.54, 1.807) is 0 Å². The van der Waals surface area contributed by atoms with Crippen molar-refractivity contribution >= 4 is 55.2 Å². The van der Waals surface area contributed by atoms with Gasteiger partial charge in [0, 0.05) is 0 Å². The lowest BCUT2D eigenvalue weighted by molar-refractivity contribution is 1.58. The molecule has 0 bridgehead atoms. The summed E-state index contributed by atoms with van der Waals surface area (Å²) in [7, 11) is 0. The van der Waals surface area contributed by atoms with Gasteiger partial charge in [-0.05, 0) is 133 Å². The average Bonchev–Trinajstić information content (AvgIpc) is 3.39. The first-order valence-electron chi connectivity index (χ1n) is 22.8. The van der Waals surface area contributed by atoms with Crippen LogP contribution in [0.3, 0.4) is 0 Å². The summed E-state index contributed by atoms with van der Waals surface area (Å²) >= 11 is 0. The molecule has 0 radical (unpaired) electrons. The summed E-state index contributed by atoms with van der Waals surface area (Å²) in [6.07, 6.45) is 4.47. The molecule has 0 heteroatoms. The lowest BCUT2D eigenvalue weighted by atomic mass is 9.84. The van der Waals surface area contributed by atoms with Crippen molar-refractivity contribution in [3.63, 3.8) is 0 Å². The lowest BCUT2D eigenvalue weighted by Crippen LogP contribution is -1.92. The van der Waals surface area contributed by atoms with Gasteiger partial charge in [-0.15, -0.1) is 0 Å². The second-order valence-corrected chi connectivity index (χ2v) is 17.1. The molecule has 0 aliphatic carbocycles. The quantitative estimate of drug-likeness (QED) is 0.106. The summed E-state index contributed by atoms with van der Waals surface area (Å²) in [6, 6.07) is 92.9. The van der Waals surface area contributed by atoms with E-state index in [1.165, 1.54) is 110 Å². The summed E-state index contributed by atoms with van der Waals surface area (Å²) < 4.78 is 0. The third-order valence-corrected chi connectivity index (χ3v) is 13.2. The summed E-state index contributed by atoms with van der Waals surface area (Å²) in [4.78, 5) is 0. The topological polar surface area (TPSA) is 0 Å². The Kier molecular flexibility index (Phi) is 9.97. The first-order valence-corrected chi connectivity index (χ1v) is 22.8. The van der Waals surface area contributed by atoms with Crippen molar-refractivity contribution in [3.8, 4) is 66.8 Å². The maximum atomic E-state index is 2.32. The van der Waals surface area contributed by atoms with Gasteiger partial charge in [0.2, 0.25) is 0 Å². The highest BCUT2D eigenvalue weighted by Crippen LogP contribution is 2.47. The molecule has 308 valence electrons. The summed E-state index contributed by atoms with van der Waals surface area (Å²) in [5.41, 5.74) is 17.1. The van der Waals surface area contributed by atoms with Crippen molar-refractivity contribution in [1.29, 1.82) is 0 Å². The van der Waals surface area contributed by atoms with Gasteiger partial charge in [0.15, 0.2) is 0 Å². The zero-order chi connectivity index (χ0) is 43.8. The predicted molar refractivity (Wildman–Crippen MR) is 284 cm³/mol. The zero-order valence-electron chi connectivity index (χ0n) is 36.4. The van der Waals surface area contributed by atoms with Crippen molar-refractivity contribution in [2.24, 2.45) is 0 Å². The Morgan fingerprint density at radius 2 is 0.485 bits per heavy atom. The molecule has 0 atom stereocenters. The fourth-order valence-corrected chi connectivity index (χ4v) is 10.3. The molecule has 0 aliphatic heterocycles. The molecule has 0 heterocycles. The SMILES string of the molecule is C(=Cc1cccc(-c2ccccc2-c2c3ccccc3c(-c3ccccc3)c3ccccc23)c1)c1cccc(-c2ccc(-c3c4ccccc4c(-c4ccccc4)c4ccccc34)cc2)c1. The summed E-state index contributed by atoms with van der Waals surface area (Å²) in [5, 5.41) is 10.1. The average molecular weight is 837 g/mol. The Hall–Kier alpha value is -8.58. The third-order valence-electron chi connectivity index (χ3n) is 13.2. The fraction of sp³-hybridized carbons (Fsp3) is 0. The molecule has 0 fully saturated rings. The molecule has 12 aromatic rings. The van der Waals surface area contributed by atoms with Crippen molar-refractivity contribution in [2.45, 2.75) is 0 Å². The van der Waals surface area contributed by atoms with E-state index in [4.69, 9.17) is 0 Å². The molecule has 0 spiro atoms. The molecule has 0 saturated heterocycles. The highest BCUT2D eigenvalue weighted by atomic mass is 14.2. The molecular weight excluding hydrogens is 793 g/mol. The van der Waals surface area contributed by atoms with Gasteiger partial charge in [-0.2, -0.15) is 0 Å². The van der Waals surface area contributed by atoms with E-state index >= 15 is 0 Å². The Morgan fingerprint density at radius 3 is 0.924 bits per heavy atom. The Balaban J connectivity index is 0.873. The normalized spacial score (nSPS) is 11.6. The van der Waals surface area contributed by atoms with Crippen molar-refractivity contribution in [2.75, 3.05) is 0 Å². The monoisotopic (exact) mass is 836 g/mol. The molecule has 0 nitrogen and oxygen atoms in total. The number of rotatable bonds is 8. The fourth-order valence-electron chi connectivity index (χ4n) is 10.3. The van der Waals surface area contributed by atoms with E-state index in [0.29, 0.717) is 0 Å². The minimum Gasteiger partial charge on any atom is -0.0622 e. The van der Waals surface area contributed by atoms with Crippen molar-refractivity contribution < 1.29 is 0 Å². The molecule has 0 saturated carbocycles. The molecule has 0 aliphatic rings. The van der Waals surface area contributed by atoms with Crippen LogP contribution in [0.4, 0.5) is 0 Å². The Labute approximate surface area is 386 Å². The first kappa shape index (κ1) is 39.0. The molecule has 66 heavy (non-hydrogen) atoms. The number of hydrogen-bond donors (Lipinski definition) is 0. The lowest BCUT2D eigenvalue weighted by Gasteiger charge is -2.19. The molecule has 0 aromatic heterocycles. The number of fused-ring (bicyclic) bond motifs is 4. The van der Waals surface area contributed by atoms with E-state index < -0.39 is 0 Å². The van der Waals surface area contributed by atoms with Crippen LogP contribution in [0.25, 0.3) is 122 Å². The van der Waals surface area contributed by atoms with Crippen LogP contribution in [0.15, 0.2) is 255 Å². The second-order valence-electron chi connectivity index (χ2n) is 17.1. The summed E-state index contributed by atoms with van der Waals surface area (Å²) in [6.45, 7) is 0. The molecule has 12 rings (SSSR count). The maximum Gasteiger partial charge on any atom is -0.00201 e. The molecule has 12 aromatic carbocycles. The van der Waals surface area contributed by atoms with Gasteiger partial charge in [0.05, 0.1) is 0 Å². The van der Waals surface area contributed by atoms with E-state index in [1.807, 2.05) is 0 Å². The van der Waals surface area contributed by atoms with Crippen LogP contribution in [-0.4, -0.2) is 0 Å². The zero-order valence-corrected chi connectivity index (χ0v) is 36.4. The van der Waals surface area contributed by atoms with Crippen LogP contribution in [0, 0.1) is 0 Å². The number of hydrogen-bond acceptors (Lipinski definition) is 0. The standard InChI is InChI=1S/C66H44/c1-3-21-48(22-4-1)63-55-29-9-11-31-57(55)65(58-32-12-10-30-56(58)63)50-41-39-47(40-42-50)51-25-17-19-45(43-51)37-38-46-20-18-26-52(44-46)53-27-7-8-28-54(53)66-61-35-15-13-33-59(61)64(49-23-5-2-6-24-49)60-34-14-16-36-62(60)66/h1-44H. The molecule has 0 amide bonds. The van der Waals surface area contributed by atoms with Crippen LogP contribution in [-0.2, 0) is 0 Å². The minimum absolute atomic E-state index is 1.16. The third kappa shape index (κ3) is 6.97. The van der Waals surface area contributed by atoms with Crippen molar-refractivity contribution in [3.05, 3.63) is 266 Å². The maximum absolute atomic E-state index is 2.32.